The number of aliphatic carboxylic acids is 1. The minimum Gasteiger partial charge on any atom is -0.482 e. The average molecular weight is 355 g/mol. The third-order valence-electron chi connectivity index (χ3n) is 4.51. The summed E-state index contributed by atoms with van der Waals surface area (Å²) in [4.78, 5) is 23.9. The lowest BCUT2D eigenvalue weighted by Crippen LogP contribution is -2.46. The molecule has 1 aliphatic rings. The average Bonchev–Trinajstić information content (AvgIpc) is 2.61. The second kappa shape index (κ2) is 6.71. The van der Waals surface area contributed by atoms with E-state index in [4.69, 9.17) is 9.47 Å². The van der Waals surface area contributed by atoms with Crippen molar-refractivity contribution in [1.82, 2.24) is 0 Å². The summed E-state index contributed by atoms with van der Waals surface area (Å²) in [6.45, 7) is 5.04. The van der Waals surface area contributed by atoms with Crippen molar-refractivity contribution >= 4 is 17.6 Å². The topological polar surface area (TPSA) is 84.9 Å². The lowest BCUT2D eigenvalue weighted by molar-refractivity contribution is -0.142. The molecule has 6 nitrogen and oxygen atoms in total. The molecule has 0 saturated carbocycles. The Balaban J connectivity index is 1.71. The fourth-order valence-electron chi connectivity index (χ4n) is 2.71. The normalized spacial score (nSPS) is 18.9. The Hall–Kier alpha value is -3.02. The number of amides is 1. The molecule has 2 unspecified atom stereocenters. The molecule has 2 atom stereocenters. The Kier molecular flexibility index (Phi) is 4.59. The quantitative estimate of drug-likeness (QED) is 0.880. The Morgan fingerprint density at radius 1 is 1.00 bits per heavy atom. The molecule has 136 valence electrons. The van der Waals surface area contributed by atoms with Gasteiger partial charge in [0, 0.05) is 5.69 Å². The minimum absolute atomic E-state index is 0.322. The molecule has 0 fully saturated rings. The van der Waals surface area contributed by atoms with E-state index in [9.17, 15) is 14.7 Å². The Morgan fingerprint density at radius 2 is 1.58 bits per heavy atom. The summed E-state index contributed by atoms with van der Waals surface area (Å²) in [5, 5.41) is 12.1. The SMILES string of the molecule is CC1Oc2ccccc2OC1C(=O)Nc1ccc(C(C)(C)C(=O)O)cc1. The number of carboxylic acids is 1. The predicted octanol–water partition coefficient (Wildman–Crippen LogP) is 3.22. The van der Waals surface area contributed by atoms with E-state index in [0.29, 0.717) is 22.7 Å². The summed E-state index contributed by atoms with van der Waals surface area (Å²) in [6.07, 6.45) is -1.21. The number of anilines is 1. The number of rotatable bonds is 4. The predicted molar refractivity (Wildman–Crippen MR) is 96.7 cm³/mol. The molecule has 6 heteroatoms. The van der Waals surface area contributed by atoms with Gasteiger partial charge in [0.05, 0.1) is 5.41 Å². The first-order chi connectivity index (χ1) is 12.3. The number of ether oxygens (including phenoxy) is 2. The smallest absolute Gasteiger partial charge is 0.313 e. The highest BCUT2D eigenvalue weighted by Crippen LogP contribution is 2.33. The first-order valence-corrected chi connectivity index (χ1v) is 8.36. The maximum atomic E-state index is 12.6. The minimum atomic E-state index is -0.999. The van der Waals surface area contributed by atoms with Crippen molar-refractivity contribution in [1.29, 1.82) is 0 Å². The van der Waals surface area contributed by atoms with E-state index >= 15 is 0 Å². The number of para-hydroxylation sites is 2. The van der Waals surface area contributed by atoms with Crippen LogP contribution in [0, 0.1) is 0 Å². The van der Waals surface area contributed by atoms with Gasteiger partial charge >= 0.3 is 5.97 Å². The summed E-state index contributed by atoms with van der Waals surface area (Å²) in [5.41, 5.74) is 0.221. The fraction of sp³-hybridized carbons (Fsp3) is 0.300. The third kappa shape index (κ3) is 3.35. The Bertz CT molecular complexity index is 828. The van der Waals surface area contributed by atoms with Crippen molar-refractivity contribution in [2.75, 3.05) is 5.32 Å². The Labute approximate surface area is 151 Å². The monoisotopic (exact) mass is 355 g/mol. The van der Waals surface area contributed by atoms with Gasteiger partial charge in [-0.3, -0.25) is 9.59 Å². The van der Waals surface area contributed by atoms with Gasteiger partial charge in [-0.1, -0.05) is 24.3 Å². The second-order valence-electron chi connectivity index (χ2n) is 6.80. The molecule has 0 aromatic heterocycles. The van der Waals surface area contributed by atoms with Crippen LogP contribution in [0.25, 0.3) is 0 Å². The molecule has 3 rings (SSSR count). The van der Waals surface area contributed by atoms with E-state index in [-0.39, 0.29) is 5.91 Å². The molecule has 0 saturated heterocycles. The molecule has 1 heterocycles. The highest BCUT2D eigenvalue weighted by molar-refractivity contribution is 5.95. The number of carbonyl (C=O) groups excluding carboxylic acids is 1. The maximum absolute atomic E-state index is 12.6. The van der Waals surface area contributed by atoms with Crippen molar-refractivity contribution in [2.24, 2.45) is 0 Å². The zero-order valence-electron chi connectivity index (χ0n) is 14.9. The van der Waals surface area contributed by atoms with E-state index in [0.717, 1.165) is 0 Å². The molecule has 2 N–H and O–H groups in total. The third-order valence-corrected chi connectivity index (χ3v) is 4.51. The van der Waals surface area contributed by atoms with Gasteiger partial charge in [-0.2, -0.15) is 0 Å². The first-order valence-electron chi connectivity index (χ1n) is 8.36. The van der Waals surface area contributed by atoms with Gasteiger partial charge in [0.1, 0.15) is 6.10 Å². The fourth-order valence-corrected chi connectivity index (χ4v) is 2.71. The van der Waals surface area contributed by atoms with E-state index in [1.165, 1.54) is 0 Å². The maximum Gasteiger partial charge on any atom is 0.313 e. The molecular formula is C20H21NO5. The second-order valence-corrected chi connectivity index (χ2v) is 6.80. The van der Waals surface area contributed by atoms with Crippen molar-refractivity contribution < 1.29 is 24.2 Å². The van der Waals surface area contributed by atoms with Gasteiger partial charge in [0.2, 0.25) is 6.10 Å². The summed E-state index contributed by atoms with van der Waals surface area (Å²) in [7, 11) is 0. The van der Waals surface area contributed by atoms with Gasteiger partial charge in [-0.15, -0.1) is 0 Å². The number of hydrogen-bond acceptors (Lipinski definition) is 4. The van der Waals surface area contributed by atoms with Gasteiger partial charge in [-0.05, 0) is 50.6 Å². The van der Waals surface area contributed by atoms with E-state index in [2.05, 4.69) is 5.32 Å². The molecule has 26 heavy (non-hydrogen) atoms. The van der Waals surface area contributed by atoms with Crippen molar-refractivity contribution in [3.05, 3.63) is 54.1 Å². The van der Waals surface area contributed by atoms with Crippen LogP contribution in [0.1, 0.15) is 26.3 Å². The number of fused-ring (bicyclic) bond motifs is 1. The molecule has 0 bridgehead atoms. The van der Waals surface area contributed by atoms with E-state index in [1.807, 2.05) is 12.1 Å². The summed E-state index contributed by atoms with van der Waals surface area (Å²) < 4.78 is 11.5. The zero-order valence-corrected chi connectivity index (χ0v) is 14.9. The van der Waals surface area contributed by atoms with Crippen LogP contribution in [0.5, 0.6) is 11.5 Å². The number of carboxylic acid groups (broad SMARTS) is 1. The summed E-state index contributed by atoms with van der Waals surface area (Å²) in [6, 6.07) is 14.0. The van der Waals surface area contributed by atoms with Crippen LogP contribution in [0.15, 0.2) is 48.5 Å². The zero-order chi connectivity index (χ0) is 18.9. The van der Waals surface area contributed by atoms with Crippen molar-refractivity contribution in [3.63, 3.8) is 0 Å². The summed E-state index contributed by atoms with van der Waals surface area (Å²) in [5.74, 6) is -0.0830. The largest absolute Gasteiger partial charge is 0.482 e. The molecule has 0 radical (unpaired) electrons. The molecule has 1 amide bonds. The molecule has 0 spiro atoms. The van der Waals surface area contributed by atoms with Crippen LogP contribution in [0.2, 0.25) is 0 Å². The van der Waals surface area contributed by atoms with Gasteiger partial charge < -0.3 is 19.9 Å². The van der Waals surface area contributed by atoms with Gasteiger partial charge in [0.25, 0.3) is 5.91 Å². The molecular weight excluding hydrogens is 334 g/mol. The first kappa shape index (κ1) is 17.8. The molecule has 2 aromatic rings. The Morgan fingerprint density at radius 3 is 2.15 bits per heavy atom. The van der Waals surface area contributed by atoms with Gasteiger partial charge in [0.15, 0.2) is 11.5 Å². The number of nitrogens with one attached hydrogen (secondary N) is 1. The van der Waals surface area contributed by atoms with Crippen LogP contribution >= 0.6 is 0 Å². The van der Waals surface area contributed by atoms with Crippen LogP contribution in [0.3, 0.4) is 0 Å². The lowest BCUT2D eigenvalue weighted by atomic mass is 9.85. The standard InChI is InChI=1S/C20H21NO5/c1-12-17(26-16-7-5-4-6-15(16)25-12)18(22)21-14-10-8-13(9-11-14)20(2,3)19(23)24/h4-12,17H,1-3H3,(H,21,22)(H,23,24). The van der Waals surface area contributed by atoms with E-state index in [1.54, 1.807) is 57.2 Å². The summed E-state index contributed by atoms with van der Waals surface area (Å²) >= 11 is 0. The number of benzene rings is 2. The number of hydrogen-bond donors (Lipinski definition) is 2. The highest BCUT2D eigenvalue weighted by atomic mass is 16.6. The van der Waals surface area contributed by atoms with Crippen LogP contribution in [0.4, 0.5) is 5.69 Å². The number of carbonyl (C=O) groups is 2. The van der Waals surface area contributed by atoms with E-state index < -0.39 is 23.6 Å². The lowest BCUT2D eigenvalue weighted by Gasteiger charge is -2.31. The van der Waals surface area contributed by atoms with Gasteiger partial charge in [-0.25, -0.2) is 0 Å². The van der Waals surface area contributed by atoms with Crippen molar-refractivity contribution in [2.45, 2.75) is 38.4 Å². The van der Waals surface area contributed by atoms with Crippen LogP contribution in [-0.2, 0) is 15.0 Å². The molecule has 1 aliphatic heterocycles. The van der Waals surface area contributed by atoms with Crippen LogP contribution in [-0.4, -0.2) is 29.2 Å². The van der Waals surface area contributed by atoms with Crippen molar-refractivity contribution in [3.8, 4) is 11.5 Å². The van der Waals surface area contributed by atoms with Crippen LogP contribution < -0.4 is 14.8 Å². The molecule has 2 aromatic carbocycles. The molecule has 0 aliphatic carbocycles. The highest BCUT2D eigenvalue weighted by Gasteiger charge is 2.34.